The third-order valence-corrected chi connectivity index (χ3v) is 6.44. The number of rotatable bonds is 12. The Kier molecular flexibility index (Phi) is 9.36. The molecule has 1 aliphatic heterocycles. The molecular weight excluding hydrogens is 536 g/mol. The Morgan fingerprint density at radius 1 is 1.00 bits per heavy atom. The monoisotopic (exact) mass is 560 g/mol. The van der Waals surface area contributed by atoms with Gasteiger partial charge in [-0.1, -0.05) is 41.9 Å². The summed E-state index contributed by atoms with van der Waals surface area (Å²) in [4.78, 5) is 77.0. The van der Waals surface area contributed by atoms with Crippen LogP contribution in [-0.2, 0) is 40.0 Å². The topological polar surface area (TPSA) is 159 Å². The van der Waals surface area contributed by atoms with Crippen LogP contribution in [0, 0.1) is 15.5 Å². The molecule has 2 aromatic rings. The van der Waals surface area contributed by atoms with Crippen LogP contribution in [0.1, 0.15) is 36.2 Å². The van der Waals surface area contributed by atoms with Crippen LogP contribution in [0.5, 0.6) is 0 Å². The van der Waals surface area contributed by atoms with E-state index in [0.717, 1.165) is 4.90 Å². The van der Waals surface area contributed by atoms with Gasteiger partial charge in [-0.05, 0) is 31.5 Å². The fourth-order valence-electron chi connectivity index (χ4n) is 4.13. The van der Waals surface area contributed by atoms with Gasteiger partial charge in [-0.3, -0.25) is 29.3 Å². The minimum atomic E-state index is -2.66. The molecule has 0 N–H and O–H groups in total. The summed E-state index contributed by atoms with van der Waals surface area (Å²) < 4.78 is 15.4. The molecule has 1 fully saturated rings. The molecule has 0 spiro atoms. The molecule has 1 heterocycles. The maximum absolute atomic E-state index is 13.8. The van der Waals surface area contributed by atoms with Gasteiger partial charge in [0.25, 0.3) is 5.69 Å². The van der Waals surface area contributed by atoms with Crippen LogP contribution in [0.4, 0.5) is 5.69 Å². The maximum atomic E-state index is 13.8. The van der Waals surface area contributed by atoms with E-state index in [-0.39, 0.29) is 31.1 Å². The fraction of sp³-hybridized carbons (Fsp3) is 0.346. The van der Waals surface area contributed by atoms with Gasteiger partial charge >= 0.3 is 17.9 Å². The molecule has 206 valence electrons. The minimum Gasteiger partial charge on any atom is -0.465 e. The summed E-state index contributed by atoms with van der Waals surface area (Å²) in [6.07, 6.45) is -0.477. The highest BCUT2D eigenvalue weighted by Gasteiger charge is 2.68. The van der Waals surface area contributed by atoms with Gasteiger partial charge in [-0.15, -0.1) is 0 Å². The summed E-state index contributed by atoms with van der Waals surface area (Å²) in [5, 5.41) is 10.8. The first-order valence-corrected chi connectivity index (χ1v) is 12.3. The van der Waals surface area contributed by atoms with Gasteiger partial charge < -0.3 is 19.1 Å². The van der Waals surface area contributed by atoms with Crippen molar-refractivity contribution in [1.29, 1.82) is 0 Å². The summed E-state index contributed by atoms with van der Waals surface area (Å²) in [7, 11) is 0. The van der Waals surface area contributed by atoms with E-state index >= 15 is 0 Å². The van der Waals surface area contributed by atoms with Gasteiger partial charge in [-0.2, -0.15) is 0 Å². The number of amides is 1. The van der Waals surface area contributed by atoms with E-state index in [1.54, 1.807) is 6.07 Å². The van der Waals surface area contributed by atoms with Crippen molar-refractivity contribution in [3.8, 4) is 0 Å². The number of esters is 3. The number of likely N-dealkylation sites (tertiary alicyclic amines) is 1. The second kappa shape index (κ2) is 12.5. The lowest BCUT2D eigenvalue weighted by Crippen LogP contribution is -2.71. The predicted octanol–water partition coefficient (Wildman–Crippen LogP) is 2.80. The number of non-ortho nitro benzene ring substituents is 1. The number of nitro benzene ring substituents is 1. The average Bonchev–Trinajstić information content (AvgIpc) is 2.92. The van der Waals surface area contributed by atoms with Crippen LogP contribution in [0.15, 0.2) is 54.6 Å². The van der Waals surface area contributed by atoms with Gasteiger partial charge in [0.15, 0.2) is 5.78 Å². The molecule has 2 unspecified atom stereocenters. The Morgan fingerprint density at radius 2 is 1.56 bits per heavy atom. The number of nitro groups is 1. The Balaban J connectivity index is 1.94. The molecule has 0 aromatic heterocycles. The number of carbonyl (C=O) groups is 5. The molecular formula is C26H25ClN2O10. The van der Waals surface area contributed by atoms with E-state index in [0.29, 0.717) is 5.56 Å². The second-order valence-corrected chi connectivity index (χ2v) is 8.75. The van der Waals surface area contributed by atoms with Crippen LogP contribution in [0.2, 0.25) is 0 Å². The molecule has 2 aromatic carbocycles. The van der Waals surface area contributed by atoms with E-state index in [1.165, 1.54) is 62.4 Å². The van der Waals surface area contributed by atoms with Crippen molar-refractivity contribution >= 4 is 46.9 Å². The van der Waals surface area contributed by atoms with Crippen molar-refractivity contribution in [3.63, 3.8) is 0 Å². The number of ether oxygens (including phenoxy) is 3. The summed E-state index contributed by atoms with van der Waals surface area (Å²) >= 11 is 6.30. The van der Waals surface area contributed by atoms with Crippen molar-refractivity contribution < 1.29 is 43.1 Å². The van der Waals surface area contributed by atoms with Gasteiger partial charge in [0.1, 0.15) is 6.61 Å². The molecule has 3 rings (SSSR count). The number of benzene rings is 2. The largest absolute Gasteiger partial charge is 0.465 e. The van der Waals surface area contributed by atoms with Crippen LogP contribution >= 0.6 is 11.6 Å². The highest BCUT2D eigenvalue weighted by Crippen LogP contribution is 2.43. The van der Waals surface area contributed by atoms with E-state index < -0.39 is 57.9 Å². The first-order valence-electron chi connectivity index (χ1n) is 11.9. The fourth-order valence-corrected chi connectivity index (χ4v) is 4.43. The maximum Gasteiger partial charge on any atom is 0.344 e. The zero-order chi connectivity index (χ0) is 28.7. The molecule has 2 atom stereocenters. The van der Waals surface area contributed by atoms with Crippen LogP contribution < -0.4 is 0 Å². The lowest BCUT2D eigenvalue weighted by molar-refractivity contribution is -0.384. The van der Waals surface area contributed by atoms with Crippen LogP contribution in [0.3, 0.4) is 0 Å². The minimum absolute atomic E-state index is 0.0234. The van der Waals surface area contributed by atoms with E-state index in [2.05, 4.69) is 0 Å². The SMILES string of the molecule is CCOC(=O)C(C(=O)OCC)(C(=O)c1ccccc1)C1CC(=O)N1C(Cl)C(=O)OCc1ccc([N+](=O)[O-])cc1. The highest BCUT2D eigenvalue weighted by atomic mass is 35.5. The number of ketones is 1. The number of hydrogen-bond donors (Lipinski definition) is 0. The predicted molar refractivity (Wildman–Crippen MR) is 134 cm³/mol. The number of β-lactam (4-membered cyclic amide) rings is 1. The van der Waals surface area contributed by atoms with Crippen molar-refractivity contribution in [2.75, 3.05) is 13.2 Å². The van der Waals surface area contributed by atoms with Crippen molar-refractivity contribution in [2.24, 2.45) is 5.41 Å². The quantitative estimate of drug-likeness (QED) is 0.0434. The number of nitrogens with zero attached hydrogens (tertiary/aromatic N) is 2. The van der Waals surface area contributed by atoms with Crippen molar-refractivity contribution in [1.82, 2.24) is 4.90 Å². The molecule has 0 saturated carbocycles. The van der Waals surface area contributed by atoms with Crippen LogP contribution in [0.25, 0.3) is 0 Å². The lowest BCUT2D eigenvalue weighted by atomic mass is 9.68. The summed E-state index contributed by atoms with van der Waals surface area (Å²) in [5.41, 5.74) is -4.26. The molecule has 1 saturated heterocycles. The normalized spacial score (nSPS) is 15.5. The molecule has 0 bridgehead atoms. The molecule has 12 nitrogen and oxygen atoms in total. The van der Waals surface area contributed by atoms with Gasteiger partial charge in [0.2, 0.25) is 16.8 Å². The number of carbonyl (C=O) groups excluding carboxylic acids is 5. The third kappa shape index (κ3) is 5.75. The Bertz CT molecular complexity index is 1250. The molecule has 39 heavy (non-hydrogen) atoms. The van der Waals surface area contributed by atoms with Gasteiger partial charge in [-0.25, -0.2) is 4.79 Å². The summed E-state index contributed by atoms with van der Waals surface area (Å²) in [6, 6.07) is 11.1. The number of hydrogen-bond acceptors (Lipinski definition) is 10. The summed E-state index contributed by atoms with van der Waals surface area (Å²) in [5.74, 6) is -5.30. The first-order chi connectivity index (χ1) is 18.6. The molecule has 1 aliphatic rings. The average molecular weight is 561 g/mol. The smallest absolute Gasteiger partial charge is 0.344 e. The molecule has 0 aliphatic carbocycles. The molecule has 1 amide bonds. The van der Waals surface area contributed by atoms with E-state index in [1.807, 2.05) is 0 Å². The highest BCUT2D eigenvalue weighted by molar-refractivity contribution is 6.32. The number of alkyl halides is 1. The zero-order valence-electron chi connectivity index (χ0n) is 21.0. The van der Waals surface area contributed by atoms with Crippen LogP contribution in [-0.4, -0.2) is 64.2 Å². The summed E-state index contributed by atoms with van der Waals surface area (Å²) in [6.45, 7) is 2.24. The van der Waals surface area contributed by atoms with E-state index in [9.17, 15) is 34.1 Å². The molecule has 13 heteroatoms. The van der Waals surface area contributed by atoms with E-state index in [4.69, 9.17) is 25.8 Å². The zero-order valence-corrected chi connectivity index (χ0v) is 21.8. The van der Waals surface area contributed by atoms with Gasteiger partial charge in [0.05, 0.1) is 24.2 Å². The second-order valence-electron chi connectivity index (χ2n) is 8.33. The lowest BCUT2D eigenvalue weighted by Gasteiger charge is -2.48. The molecule has 0 radical (unpaired) electrons. The number of Topliss-reactive ketones (excluding diaryl/α,β-unsaturated/α-hetero) is 1. The first kappa shape index (κ1) is 29.2. The standard InChI is InChI=1S/C26H25ClN2O10/c1-3-37-24(33)26(25(34)38-4-2,21(31)17-8-6-5-7-9-17)19-14-20(30)28(19)22(27)23(32)39-15-16-10-12-18(13-11-16)29(35)36/h5-13,19,22H,3-4,14-15H2,1-2H3. The van der Waals surface area contributed by atoms with Crippen molar-refractivity contribution in [3.05, 3.63) is 75.8 Å². The van der Waals surface area contributed by atoms with Crippen molar-refractivity contribution in [2.45, 2.75) is 38.4 Å². The Morgan fingerprint density at radius 3 is 2.05 bits per heavy atom. The Labute approximate surface area is 227 Å². The number of halogens is 1. The van der Waals surface area contributed by atoms with Gasteiger partial charge in [0, 0.05) is 24.1 Å². The third-order valence-electron chi connectivity index (χ3n) is 6.05. The Hall–Kier alpha value is -4.32.